The highest BCUT2D eigenvalue weighted by Gasteiger charge is 2.42. The number of methoxy groups -OCH3 is 1. The number of esters is 1. The van der Waals surface area contributed by atoms with Gasteiger partial charge in [0.2, 0.25) is 0 Å². The smallest absolute Gasteiger partial charge is 0.336 e. The molecule has 0 aliphatic carbocycles. The fourth-order valence-electron chi connectivity index (χ4n) is 3.53. The van der Waals surface area contributed by atoms with E-state index in [1.54, 1.807) is 54.6 Å². The van der Waals surface area contributed by atoms with E-state index in [1.165, 1.54) is 7.11 Å². The Morgan fingerprint density at radius 3 is 2.14 bits per heavy atom. The second-order valence-electron chi connectivity index (χ2n) is 6.56. The van der Waals surface area contributed by atoms with Crippen LogP contribution in [0.2, 0.25) is 0 Å². The molecule has 2 heterocycles. The molecule has 0 bridgehead atoms. The molecule has 0 fully saturated rings. The highest BCUT2D eigenvalue weighted by atomic mass is 16.5. The average Bonchev–Trinajstić information content (AvgIpc) is 2.88. The molecule has 0 spiro atoms. The lowest BCUT2D eigenvalue weighted by molar-refractivity contribution is -0.136. The molecule has 2 aromatic carbocycles. The third kappa shape index (κ3) is 3.14. The van der Waals surface area contributed by atoms with Crippen molar-refractivity contribution in [1.82, 2.24) is 15.5 Å². The van der Waals surface area contributed by atoms with Crippen molar-refractivity contribution in [2.45, 2.75) is 12.6 Å². The average molecular weight is 391 g/mol. The van der Waals surface area contributed by atoms with E-state index < -0.39 is 30.0 Å². The lowest BCUT2D eigenvalue weighted by Gasteiger charge is -2.25. The maximum Gasteiger partial charge on any atom is 0.336 e. The van der Waals surface area contributed by atoms with E-state index in [9.17, 15) is 19.2 Å². The molecule has 4 amide bonds. The summed E-state index contributed by atoms with van der Waals surface area (Å²) in [7, 11) is 1.23. The lowest BCUT2D eigenvalue weighted by Crippen LogP contribution is -2.52. The number of carbonyl (C=O) groups excluding carboxylic acids is 4. The van der Waals surface area contributed by atoms with Crippen molar-refractivity contribution in [2.75, 3.05) is 7.11 Å². The summed E-state index contributed by atoms with van der Waals surface area (Å²) in [4.78, 5) is 51.6. The number of hydrogen-bond donors (Lipinski definition) is 2. The topological polar surface area (TPSA) is 105 Å². The summed E-state index contributed by atoms with van der Waals surface area (Å²) in [6, 6.07) is 14.6. The number of nitrogens with one attached hydrogen (secondary N) is 2. The van der Waals surface area contributed by atoms with E-state index in [1.807, 2.05) is 0 Å². The van der Waals surface area contributed by atoms with Crippen LogP contribution in [0.4, 0.5) is 4.79 Å². The van der Waals surface area contributed by atoms with E-state index in [2.05, 4.69) is 10.6 Å². The van der Waals surface area contributed by atoms with Crippen LogP contribution in [-0.4, -0.2) is 42.0 Å². The van der Waals surface area contributed by atoms with Crippen molar-refractivity contribution in [2.24, 2.45) is 0 Å². The molecule has 0 aromatic heterocycles. The van der Waals surface area contributed by atoms with E-state index in [0.29, 0.717) is 5.56 Å². The first kappa shape index (κ1) is 18.4. The van der Waals surface area contributed by atoms with Gasteiger partial charge in [0.25, 0.3) is 11.8 Å². The highest BCUT2D eigenvalue weighted by molar-refractivity contribution is 6.21. The number of urea groups is 1. The number of imide groups is 1. The Morgan fingerprint density at radius 1 is 0.966 bits per heavy atom. The Bertz CT molecular complexity index is 1030. The van der Waals surface area contributed by atoms with Crippen LogP contribution in [0.5, 0.6) is 0 Å². The standard InChI is InChI=1S/C21H17N3O5/c1-29-20(27)15-11-16(22-21(28)23-17(15)12-7-3-2-4-8-12)24-18(25)13-9-5-6-10-14(13)19(24)26/h2-10,16H,11H2,1H3,(H2,22,23,28). The van der Waals surface area contributed by atoms with E-state index in [-0.39, 0.29) is 28.8 Å². The first-order valence-corrected chi connectivity index (χ1v) is 8.92. The molecule has 1 atom stereocenters. The number of nitrogens with zero attached hydrogens (tertiary/aromatic N) is 1. The van der Waals surface area contributed by atoms with Gasteiger partial charge in [0.1, 0.15) is 6.17 Å². The van der Waals surface area contributed by atoms with Crippen LogP contribution in [0.25, 0.3) is 5.70 Å². The number of benzene rings is 2. The van der Waals surface area contributed by atoms with Crippen molar-refractivity contribution >= 4 is 29.5 Å². The van der Waals surface area contributed by atoms with Gasteiger partial charge in [0.15, 0.2) is 0 Å². The minimum absolute atomic E-state index is 0.0961. The number of amides is 4. The number of fused-ring (bicyclic) bond motifs is 1. The Labute approximate surface area is 166 Å². The summed E-state index contributed by atoms with van der Waals surface area (Å²) in [5, 5.41) is 5.25. The quantitative estimate of drug-likeness (QED) is 0.614. The van der Waals surface area contributed by atoms with Gasteiger partial charge in [-0.05, 0) is 17.7 Å². The normalized spacial score (nSPS) is 18.7. The maximum absolute atomic E-state index is 12.8. The van der Waals surface area contributed by atoms with Crippen LogP contribution in [0.1, 0.15) is 32.7 Å². The van der Waals surface area contributed by atoms with Crippen LogP contribution in [-0.2, 0) is 9.53 Å². The zero-order chi connectivity index (χ0) is 20.5. The molecular formula is C21H17N3O5. The molecular weight excluding hydrogens is 374 g/mol. The Balaban J connectivity index is 1.77. The second-order valence-corrected chi connectivity index (χ2v) is 6.56. The summed E-state index contributed by atoms with van der Waals surface area (Å²) in [5.74, 6) is -1.71. The first-order chi connectivity index (χ1) is 14.0. The van der Waals surface area contributed by atoms with Gasteiger partial charge in [0.05, 0.1) is 29.5 Å². The molecule has 1 unspecified atom stereocenters. The third-order valence-electron chi connectivity index (χ3n) is 4.87. The van der Waals surface area contributed by atoms with Crippen molar-refractivity contribution < 1.29 is 23.9 Å². The number of ether oxygens (including phenoxy) is 1. The summed E-state index contributed by atoms with van der Waals surface area (Å²) in [6.07, 6.45) is -1.14. The Hall–Kier alpha value is -3.94. The summed E-state index contributed by atoms with van der Waals surface area (Å²) < 4.78 is 4.89. The maximum atomic E-state index is 12.8. The van der Waals surface area contributed by atoms with Crippen LogP contribution >= 0.6 is 0 Å². The van der Waals surface area contributed by atoms with E-state index in [4.69, 9.17) is 4.74 Å². The van der Waals surface area contributed by atoms with Crippen molar-refractivity contribution in [1.29, 1.82) is 0 Å². The predicted octanol–water partition coefficient (Wildman–Crippen LogP) is 1.90. The van der Waals surface area contributed by atoms with E-state index in [0.717, 1.165) is 4.90 Å². The zero-order valence-corrected chi connectivity index (χ0v) is 15.5. The second kappa shape index (κ2) is 7.23. The third-order valence-corrected chi connectivity index (χ3v) is 4.87. The fraction of sp³-hybridized carbons (Fsp3) is 0.143. The molecule has 0 saturated carbocycles. The van der Waals surface area contributed by atoms with Gasteiger partial charge in [0, 0.05) is 6.42 Å². The number of carbonyl (C=O) groups is 4. The molecule has 2 N–H and O–H groups in total. The highest BCUT2D eigenvalue weighted by Crippen LogP contribution is 2.29. The Kier molecular flexibility index (Phi) is 4.59. The largest absolute Gasteiger partial charge is 0.466 e. The van der Waals surface area contributed by atoms with Gasteiger partial charge in [-0.3, -0.25) is 14.5 Å². The number of hydrogen-bond acceptors (Lipinski definition) is 5. The van der Waals surface area contributed by atoms with Gasteiger partial charge in [-0.1, -0.05) is 42.5 Å². The van der Waals surface area contributed by atoms with Crippen molar-refractivity contribution in [3.63, 3.8) is 0 Å². The number of rotatable bonds is 3. The minimum Gasteiger partial charge on any atom is -0.466 e. The monoisotopic (exact) mass is 391 g/mol. The van der Waals surface area contributed by atoms with Crippen molar-refractivity contribution in [3.05, 3.63) is 76.9 Å². The molecule has 0 saturated heterocycles. The lowest BCUT2D eigenvalue weighted by atomic mass is 10.0. The molecule has 146 valence electrons. The molecule has 4 rings (SSSR count). The van der Waals surface area contributed by atoms with Gasteiger partial charge in [-0.2, -0.15) is 0 Å². The molecule has 2 aliphatic rings. The Morgan fingerprint density at radius 2 is 1.55 bits per heavy atom. The van der Waals surface area contributed by atoms with Gasteiger partial charge < -0.3 is 15.4 Å². The van der Waals surface area contributed by atoms with Crippen LogP contribution < -0.4 is 10.6 Å². The van der Waals surface area contributed by atoms with Gasteiger partial charge in [-0.25, -0.2) is 9.59 Å². The van der Waals surface area contributed by atoms with Crippen LogP contribution in [0.3, 0.4) is 0 Å². The summed E-state index contributed by atoms with van der Waals surface area (Å²) in [6.45, 7) is 0. The van der Waals surface area contributed by atoms with Crippen LogP contribution in [0.15, 0.2) is 60.2 Å². The fourth-order valence-corrected chi connectivity index (χ4v) is 3.53. The SMILES string of the molecule is COC(=O)C1=C(c2ccccc2)NC(=O)NC(N2C(=O)c3ccccc3C2=O)C1. The zero-order valence-electron chi connectivity index (χ0n) is 15.5. The summed E-state index contributed by atoms with van der Waals surface area (Å²) >= 11 is 0. The first-order valence-electron chi connectivity index (χ1n) is 8.92. The molecule has 8 heteroatoms. The minimum atomic E-state index is -1.04. The van der Waals surface area contributed by atoms with Crippen molar-refractivity contribution in [3.8, 4) is 0 Å². The van der Waals surface area contributed by atoms with Gasteiger partial charge in [-0.15, -0.1) is 0 Å². The molecule has 2 aromatic rings. The molecule has 29 heavy (non-hydrogen) atoms. The molecule has 2 aliphatic heterocycles. The molecule has 0 radical (unpaired) electrons. The van der Waals surface area contributed by atoms with E-state index >= 15 is 0 Å². The predicted molar refractivity (Wildman–Crippen MR) is 102 cm³/mol. The van der Waals surface area contributed by atoms with Crippen LogP contribution in [0, 0.1) is 0 Å². The summed E-state index contributed by atoms with van der Waals surface area (Å²) in [5.41, 5.74) is 1.55. The molecule has 8 nitrogen and oxygen atoms in total. The van der Waals surface area contributed by atoms with Gasteiger partial charge >= 0.3 is 12.0 Å².